The Labute approximate surface area is 135 Å². The molecule has 2 aromatic heterocycles. The van der Waals surface area contributed by atoms with E-state index < -0.39 is 0 Å². The van der Waals surface area contributed by atoms with Crippen molar-refractivity contribution in [2.75, 3.05) is 13.7 Å². The van der Waals surface area contributed by atoms with E-state index in [9.17, 15) is 0 Å². The van der Waals surface area contributed by atoms with E-state index in [0.29, 0.717) is 11.9 Å². The zero-order valence-corrected chi connectivity index (χ0v) is 13.5. The lowest BCUT2D eigenvalue weighted by atomic mass is 9.67. The second kappa shape index (κ2) is 5.56. The Morgan fingerprint density at radius 3 is 3.00 bits per heavy atom. The number of aryl methyl sites for hydroxylation is 1. The number of hydrogen-bond donors (Lipinski definition) is 0. The van der Waals surface area contributed by atoms with Crippen molar-refractivity contribution in [2.24, 2.45) is 5.92 Å². The molecule has 0 unspecified atom stereocenters. The van der Waals surface area contributed by atoms with Gasteiger partial charge in [0.15, 0.2) is 0 Å². The quantitative estimate of drug-likeness (QED) is 0.834. The number of ether oxygens (including phenoxy) is 1. The molecule has 1 aliphatic heterocycles. The van der Waals surface area contributed by atoms with Gasteiger partial charge in [-0.25, -0.2) is 4.98 Å². The van der Waals surface area contributed by atoms with E-state index >= 15 is 0 Å². The predicted octanol–water partition coefficient (Wildman–Crippen LogP) is 1.94. The number of nitrogens with zero attached hydrogens (tertiary/aromatic N) is 5. The summed E-state index contributed by atoms with van der Waals surface area (Å²) in [5.41, 5.74) is 0.859. The maximum atomic E-state index is 5.93. The van der Waals surface area contributed by atoms with Gasteiger partial charge in [0.2, 0.25) is 11.8 Å². The second-order valence-corrected chi connectivity index (χ2v) is 6.26. The normalized spacial score (nSPS) is 26.8. The highest BCUT2D eigenvalue weighted by molar-refractivity contribution is 5.18. The number of hydrogen-bond acceptors (Lipinski definition) is 7. The Balaban J connectivity index is 1.62. The molecule has 2 aliphatic rings. The minimum Gasteiger partial charge on any atom is -0.467 e. The average Bonchev–Trinajstić information content (AvgIpc) is 3.11. The molecule has 0 amide bonds. The zero-order valence-electron chi connectivity index (χ0n) is 13.5. The summed E-state index contributed by atoms with van der Waals surface area (Å²) in [7, 11) is 1.59. The highest BCUT2D eigenvalue weighted by Crippen LogP contribution is 2.56. The number of rotatable bonds is 5. The molecule has 1 saturated carbocycles. The average molecular weight is 315 g/mol. The fourth-order valence-electron chi connectivity index (χ4n) is 3.90. The van der Waals surface area contributed by atoms with Gasteiger partial charge in [-0.1, -0.05) is 6.92 Å². The van der Waals surface area contributed by atoms with Gasteiger partial charge in [-0.05, 0) is 37.8 Å². The lowest BCUT2D eigenvalue weighted by Crippen LogP contribution is -2.51. The van der Waals surface area contributed by atoms with Gasteiger partial charge in [0.05, 0.1) is 12.8 Å². The molecule has 7 nitrogen and oxygen atoms in total. The Hall–Kier alpha value is -2.02. The van der Waals surface area contributed by atoms with E-state index in [1.807, 2.05) is 13.0 Å². The highest BCUT2D eigenvalue weighted by Gasteiger charge is 2.59. The predicted molar refractivity (Wildman–Crippen MR) is 81.7 cm³/mol. The Morgan fingerprint density at radius 1 is 1.39 bits per heavy atom. The Kier molecular flexibility index (Phi) is 3.52. The van der Waals surface area contributed by atoms with E-state index in [1.54, 1.807) is 13.3 Å². The third-order valence-electron chi connectivity index (χ3n) is 5.23. The number of likely N-dealkylation sites (tertiary alicyclic amines) is 1. The molecule has 0 radical (unpaired) electrons. The van der Waals surface area contributed by atoms with Crippen LogP contribution in [0.4, 0.5) is 0 Å². The molecular weight excluding hydrogens is 294 g/mol. The van der Waals surface area contributed by atoms with Crippen LogP contribution in [0.2, 0.25) is 0 Å². The van der Waals surface area contributed by atoms with Crippen molar-refractivity contribution in [3.63, 3.8) is 0 Å². The summed E-state index contributed by atoms with van der Waals surface area (Å²) in [4.78, 5) is 11.0. The van der Waals surface area contributed by atoms with Crippen LogP contribution in [0.25, 0.3) is 0 Å². The van der Waals surface area contributed by atoms with Crippen LogP contribution in [-0.2, 0) is 18.5 Å². The minimum atomic E-state index is -0.0986. The fourth-order valence-corrected chi connectivity index (χ4v) is 3.90. The molecule has 4 rings (SSSR count). The van der Waals surface area contributed by atoms with Crippen molar-refractivity contribution in [1.29, 1.82) is 0 Å². The van der Waals surface area contributed by atoms with E-state index in [2.05, 4.69) is 25.1 Å². The molecule has 1 aliphatic carbocycles. The van der Waals surface area contributed by atoms with Gasteiger partial charge >= 0.3 is 6.01 Å². The summed E-state index contributed by atoms with van der Waals surface area (Å²) in [5, 5.41) is 8.52. The first kappa shape index (κ1) is 14.6. The SMILES string of the molecule is CCc1nnc([C@]23CC[C@H]2CCN3Cc2ccnc(OC)n2)o1. The van der Waals surface area contributed by atoms with Crippen LogP contribution in [0.3, 0.4) is 0 Å². The summed E-state index contributed by atoms with van der Waals surface area (Å²) in [6.07, 6.45) is 5.99. The zero-order chi connectivity index (χ0) is 15.9. The summed E-state index contributed by atoms with van der Waals surface area (Å²) in [6.45, 7) is 3.81. The van der Waals surface area contributed by atoms with Gasteiger partial charge in [0, 0.05) is 19.2 Å². The van der Waals surface area contributed by atoms with Crippen LogP contribution in [0.1, 0.15) is 43.7 Å². The highest BCUT2D eigenvalue weighted by atomic mass is 16.5. The van der Waals surface area contributed by atoms with Gasteiger partial charge in [-0.15, -0.1) is 10.2 Å². The molecule has 2 aromatic rings. The maximum absolute atomic E-state index is 5.93. The number of methoxy groups -OCH3 is 1. The molecule has 0 N–H and O–H groups in total. The first-order valence-electron chi connectivity index (χ1n) is 8.20. The monoisotopic (exact) mass is 315 g/mol. The molecule has 0 aromatic carbocycles. The minimum absolute atomic E-state index is 0.0986. The molecular formula is C16H21N5O2. The smallest absolute Gasteiger partial charge is 0.316 e. The second-order valence-electron chi connectivity index (χ2n) is 6.26. The van der Waals surface area contributed by atoms with Crippen molar-refractivity contribution >= 4 is 0 Å². The van der Waals surface area contributed by atoms with Crippen LogP contribution in [0.5, 0.6) is 6.01 Å². The molecule has 2 fully saturated rings. The van der Waals surface area contributed by atoms with Gasteiger partial charge in [0.25, 0.3) is 0 Å². The van der Waals surface area contributed by atoms with Crippen LogP contribution < -0.4 is 4.74 Å². The maximum Gasteiger partial charge on any atom is 0.316 e. The van der Waals surface area contributed by atoms with Crippen LogP contribution in [-0.4, -0.2) is 38.7 Å². The Bertz CT molecular complexity index is 703. The molecule has 3 heterocycles. The topological polar surface area (TPSA) is 77.2 Å². The molecule has 7 heteroatoms. The summed E-state index contributed by atoms with van der Waals surface area (Å²) >= 11 is 0. The lowest BCUT2D eigenvalue weighted by molar-refractivity contribution is -0.0169. The van der Waals surface area contributed by atoms with E-state index in [-0.39, 0.29) is 5.54 Å². The van der Waals surface area contributed by atoms with Crippen molar-refractivity contribution < 1.29 is 9.15 Å². The van der Waals surface area contributed by atoms with E-state index in [4.69, 9.17) is 9.15 Å². The lowest BCUT2D eigenvalue weighted by Gasteiger charge is -2.47. The van der Waals surface area contributed by atoms with Crippen molar-refractivity contribution in [3.05, 3.63) is 29.7 Å². The van der Waals surface area contributed by atoms with Gasteiger partial charge in [-0.3, -0.25) is 4.90 Å². The van der Waals surface area contributed by atoms with Crippen molar-refractivity contribution in [1.82, 2.24) is 25.1 Å². The van der Waals surface area contributed by atoms with E-state index in [0.717, 1.165) is 43.4 Å². The number of fused-ring (bicyclic) bond motifs is 1. The molecule has 2 atom stereocenters. The van der Waals surface area contributed by atoms with E-state index in [1.165, 1.54) is 12.8 Å². The van der Waals surface area contributed by atoms with Gasteiger partial charge < -0.3 is 9.15 Å². The van der Waals surface area contributed by atoms with Crippen LogP contribution >= 0.6 is 0 Å². The molecule has 122 valence electrons. The van der Waals surface area contributed by atoms with Gasteiger partial charge in [0.1, 0.15) is 5.54 Å². The Morgan fingerprint density at radius 2 is 2.30 bits per heavy atom. The summed E-state index contributed by atoms with van der Waals surface area (Å²) in [6, 6.07) is 2.35. The molecule has 0 spiro atoms. The summed E-state index contributed by atoms with van der Waals surface area (Å²) < 4.78 is 11.1. The van der Waals surface area contributed by atoms with Crippen molar-refractivity contribution in [3.8, 4) is 6.01 Å². The van der Waals surface area contributed by atoms with Crippen molar-refractivity contribution in [2.45, 2.75) is 44.7 Å². The fraction of sp³-hybridized carbons (Fsp3) is 0.625. The first-order valence-corrected chi connectivity index (χ1v) is 8.20. The third kappa shape index (κ3) is 2.22. The van der Waals surface area contributed by atoms with Crippen LogP contribution in [0, 0.1) is 5.92 Å². The largest absolute Gasteiger partial charge is 0.467 e. The standard InChI is InChI=1S/C16H21N5O2/c1-3-13-19-20-14(23-13)16-7-4-11(16)6-9-21(16)10-12-5-8-17-15(18-12)22-2/h5,8,11H,3-4,6-7,9-10H2,1-2H3/t11-,16-/m0/s1. The first-order chi connectivity index (χ1) is 11.3. The summed E-state index contributed by atoms with van der Waals surface area (Å²) in [5.74, 6) is 2.11. The molecule has 0 bridgehead atoms. The molecule has 23 heavy (non-hydrogen) atoms. The van der Waals surface area contributed by atoms with Gasteiger partial charge in [-0.2, -0.15) is 4.98 Å². The van der Waals surface area contributed by atoms with Crippen LogP contribution in [0.15, 0.2) is 16.7 Å². The number of aromatic nitrogens is 4. The third-order valence-corrected chi connectivity index (χ3v) is 5.23. The molecule has 1 saturated heterocycles.